The van der Waals surface area contributed by atoms with Crippen LogP contribution in [0.5, 0.6) is 23.0 Å². The van der Waals surface area contributed by atoms with Crippen LogP contribution in [-0.2, 0) is 40.5 Å². The smallest absolute Gasteiger partial charge is 0.315 e. The number of halogens is 2. The fourth-order valence-corrected chi connectivity index (χ4v) is 10.3. The quantitative estimate of drug-likeness (QED) is 0.0173. The average molecular weight is 1210 g/mol. The maximum Gasteiger partial charge on any atom is 0.315 e. The van der Waals surface area contributed by atoms with Crippen molar-refractivity contribution in [3.63, 3.8) is 0 Å². The van der Waals surface area contributed by atoms with E-state index in [1.54, 1.807) is 0 Å². The van der Waals surface area contributed by atoms with Gasteiger partial charge in [-0.3, -0.25) is 18.2 Å². The van der Waals surface area contributed by atoms with E-state index in [0.717, 1.165) is 36.4 Å². The van der Waals surface area contributed by atoms with E-state index in [1.165, 1.54) is 62.8 Å². The van der Waals surface area contributed by atoms with Crippen LogP contribution in [0.15, 0.2) is 125 Å². The van der Waals surface area contributed by atoms with E-state index in [2.05, 4.69) is 71.6 Å². The van der Waals surface area contributed by atoms with E-state index >= 15 is 0 Å². The van der Waals surface area contributed by atoms with Crippen LogP contribution in [0.2, 0.25) is 0 Å². The van der Waals surface area contributed by atoms with Gasteiger partial charge in [-0.2, -0.15) is 72.4 Å². The van der Waals surface area contributed by atoms with Crippen molar-refractivity contribution in [1.82, 2.24) is 29.9 Å². The number of benzene rings is 6. The van der Waals surface area contributed by atoms with E-state index < -0.39 is 106 Å². The lowest BCUT2D eigenvalue weighted by Gasteiger charge is -2.14. The Morgan fingerprint density at radius 1 is 0.512 bits per heavy atom. The molecule has 8 rings (SSSR count). The van der Waals surface area contributed by atoms with Crippen LogP contribution >= 0.6 is 0 Å². The minimum Gasteiger partial charge on any atom is -0.505 e. The minimum absolute atomic E-state index is 0.00578. The number of aromatic nitrogens is 6. The Hall–Kier alpha value is -9.04. The summed E-state index contributed by atoms with van der Waals surface area (Å²) >= 11 is 0. The van der Waals surface area contributed by atoms with E-state index in [0.29, 0.717) is 12.8 Å². The predicted octanol–water partition coefficient (Wildman–Crippen LogP) is 8.31. The van der Waals surface area contributed by atoms with Gasteiger partial charge in [0.2, 0.25) is 23.8 Å². The van der Waals surface area contributed by atoms with Gasteiger partial charge < -0.3 is 41.0 Å². The molecule has 0 spiro atoms. The molecule has 430 valence electrons. The fourth-order valence-electron chi connectivity index (χ4n) is 7.72. The maximum atomic E-state index is 14.7. The Bertz CT molecular complexity index is 4380. The van der Waals surface area contributed by atoms with Gasteiger partial charge in [-0.1, -0.05) is 6.92 Å². The second kappa shape index (κ2) is 23.6. The molecule has 0 radical (unpaired) electrons. The molecule has 1 unspecified atom stereocenters. The molecule has 0 saturated carbocycles. The van der Waals surface area contributed by atoms with Crippen molar-refractivity contribution in [2.45, 2.75) is 39.3 Å². The molecular formula is C46H42F2N14O16S4. The summed E-state index contributed by atoms with van der Waals surface area (Å²) < 4.78 is 177. The molecule has 0 saturated heterocycles. The van der Waals surface area contributed by atoms with Crippen LogP contribution in [0, 0.1) is 18.1 Å². The lowest BCUT2D eigenvalue weighted by atomic mass is 10.1. The first-order valence-corrected chi connectivity index (χ1v) is 28.9. The van der Waals surface area contributed by atoms with Gasteiger partial charge in [0.15, 0.2) is 11.5 Å². The summed E-state index contributed by atoms with van der Waals surface area (Å²) in [6, 6.07) is 16.4. The number of azo groups is 2. The first-order valence-electron chi connectivity index (χ1n) is 23.1. The van der Waals surface area contributed by atoms with Crippen molar-refractivity contribution in [1.29, 1.82) is 0 Å². The largest absolute Gasteiger partial charge is 0.505 e. The topological polar surface area (TPSA) is 451 Å². The monoisotopic (exact) mass is 1210 g/mol. The van der Waals surface area contributed by atoms with E-state index in [1.807, 2.05) is 6.92 Å². The molecule has 2 heterocycles. The molecule has 0 amide bonds. The highest BCUT2D eigenvalue weighted by Crippen LogP contribution is 2.45. The zero-order valence-corrected chi connectivity index (χ0v) is 45.4. The molecule has 1 atom stereocenters. The lowest BCUT2D eigenvalue weighted by molar-refractivity contribution is 0.412. The second-order valence-corrected chi connectivity index (χ2v) is 22.9. The Morgan fingerprint density at radius 3 is 1.32 bits per heavy atom. The number of phenolic OH excluding ortho intramolecular Hbond substituents is 2. The zero-order valence-electron chi connectivity index (χ0n) is 42.1. The van der Waals surface area contributed by atoms with E-state index in [-0.39, 0.29) is 87.2 Å². The van der Waals surface area contributed by atoms with Crippen LogP contribution in [0.1, 0.15) is 19.8 Å². The maximum absolute atomic E-state index is 14.7. The third kappa shape index (κ3) is 14.1. The van der Waals surface area contributed by atoms with Gasteiger partial charge in [-0.25, -0.2) is 0 Å². The molecule has 0 fully saturated rings. The molecular weight excluding hydrogens is 1170 g/mol. The summed E-state index contributed by atoms with van der Waals surface area (Å²) in [5.41, 5.74) is -2.19. The van der Waals surface area contributed by atoms with Crippen LogP contribution in [0.25, 0.3) is 21.5 Å². The molecule has 0 bridgehead atoms. The van der Waals surface area contributed by atoms with Crippen LogP contribution in [-0.4, -0.2) is 119 Å². The Balaban J connectivity index is 0.886. The minimum atomic E-state index is -5.13. The standard InChI is InChI=1S/C46H42F2N14O16S4/c1-22(21-50-44-54-42(48)56-46(58-44)52-26-7-11-30-24(16-26)18-36(82(74,75)76)38(40(30)64)62-60-32-13-9-28(78-3)20-34(32)80(68,69)70)5-4-14-49-43-53-41(47)55-45(57-43)51-25-6-10-29-23(15-25)17-35(81(71,72)73)37(39(29)63)61-59-31-12-8-27(77-2)19-33(31)79(65,66)67/h6-13,15-20,22,63-64H,4-5,14,21H2,1-3H3,(H,65,66,67)(H,68,69,70)(H,71,72,73)(H,74,75,76)(H2,49,51,53,55,57)(H2,50,52,54,56,58)/b61-59+,62-60+. The fraction of sp³-hybridized carbons (Fsp3) is 0.174. The Kier molecular flexibility index (Phi) is 17.0. The number of hydrogen-bond acceptors (Lipinski definition) is 26. The van der Waals surface area contributed by atoms with Gasteiger partial charge in [-0.05, 0) is 102 Å². The lowest BCUT2D eigenvalue weighted by Crippen LogP contribution is -2.16. The van der Waals surface area contributed by atoms with Gasteiger partial charge in [0.1, 0.15) is 53.8 Å². The summed E-state index contributed by atoms with van der Waals surface area (Å²) in [6.45, 7) is 2.32. The number of hydrogen-bond donors (Lipinski definition) is 10. The summed E-state index contributed by atoms with van der Waals surface area (Å²) in [5.74, 6) is -2.57. The first kappa shape index (κ1) is 59.1. The summed E-state index contributed by atoms with van der Waals surface area (Å²) in [6.07, 6.45) is -1.35. The SMILES string of the molecule is COc1ccc(/N=N/c2c(S(=O)(=O)O)cc3cc(Nc4nc(F)nc(NCCCC(C)CNc5nc(F)nc(Nc6ccc7c(O)c(/N=N/c8ccc(OC)cc8S(=O)(=O)O)c(S(=O)(=O)O)cc7c6)n5)n4)ccc3c2O)c(S(=O)(=O)O)c1. The number of anilines is 6. The van der Waals surface area contributed by atoms with Gasteiger partial charge in [-0.15, -0.1) is 20.5 Å². The van der Waals surface area contributed by atoms with Crippen LogP contribution < -0.4 is 30.7 Å². The summed E-state index contributed by atoms with van der Waals surface area (Å²) in [5, 5.41) is 48.4. The van der Waals surface area contributed by atoms with Crippen LogP contribution in [0.3, 0.4) is 0 Å². The van der Waals surface area contributed by atoms with Crippen molar-refractivity contribution in [3.05, 3.63) is 97.1 Å². The molecule has 0 aliphatic carbocycles. The summed E-state index contributed by atoms with van der Waals surface area (Å²) in [4.78, 5) is 19.6. The van der Waals surface area contributed by atoms with Gasteiger partial charge in [0.25, 0.3) is 40.5 Å². The third-order valence-corrected chi connectivity index (χ3v) is 15.1. The van der Waals surface area contributed by atoms with Crippen molar-refractivity contribution in [2.75, 3.05) is 48.6 Å². The molecule has 82 heavy (non-hydrogen) atoms. The molecule has 10 N–H and O–H groups in total. The number of nitrogens with one attached hydrogen (secondary N) is 4. The number of phenols is 2. The number of ether oxygens (including phenoxy) is 2. The molecule has 0 aliphatic rings. The van der Waals surface area contributed by atoms with E-state index in [4.69, 9.17) is 9.47 Å². The molecule has 6 aromatic carbocycles. The number of rotatable bonds is 22. The highest BCUT2D eigenvalue weighted by Gasteiger charge is 2.26. The molecule has 36 heteroatoms. The number of aromatic hydroxyl groups is 2. The normalized spacial score (nSPS) is 12.7. The number of fused-ring (bicyclic) bond motifs is 2. The van der Waals surface area contributed by atoms with Crippen molar-refractivity contribution in [2.24, 2.45) is 26.4 Å². The van der Waals surface area contributed by atoms with Crippen molar-refractivity contribution < 1.29 is 80.3 Å². The Morgan fingerprint density at radius 2 is 0.915 bits per heavy atom. The Labute approximate surface area is 462 Å². The molecule has 30 nitrogen and oxygen atoms in total. The number of nitrogens with zero attached hydrogens (tertiary/aromatic N) is 10. The van der Waals surface area contributed by atoms with Gasteiger partial charge >= 0.3 is 12.2 Å². The average Bonchev–Trinajstić information content (AvgIpc) is 3.61. The third-order valence-electron chi connectivity index (χ3n) is 11.6. The van der Waals surface area contributed by atoms with Gasteiger partial charge in [0, 0.05) is 47.4 Å². The van der Waals surface area contributed by atoms with Crippen LogP contribution in [0.4, 0.5) is 66.7 Å². The highest BCUT2D eigenvalue weighted by molar-refractivity contribution is 7.86. The zero-order chi connectivity index (χ0) is 59.5. The van der Waals surface area contributed by atoms with E-state index in [9.17, 15) is 70.9 Å². The van der Waals surface area contributed by atoms with Crippen molar-refractivity contribution in [3.8, 4) is 23.0 Å². The number of methoxy groups -OCH3 is 2. The predicted molar refractivity (Wildman–Crippen MR) is 286 cm³/mol. The highest BCUT2D eigenvalue weighted by atomic mass is 32.2. The summed E-state index contributed by atoms with van der Waals surface area (Å²) in [7, 11) is -17.6. The van der Waals surface area contributed by atoms with Gasteiger partial charge in [0.05, 0.1) is 14.2 Å². The molecule has 0 aliphatic heterocycles. The molecule has 2 aromatic heterocycles. The molecule has 8 aromatic rings. The first-order chi connectivity index (χ1) is 38.6. The second-order valence-electron chi connectivity index (χ2n) is 17.3. The van der Waals surface area contributed by atoms with Crippen molar-refractivity contribution >= 4 is 120 Å².